The Morgan fingerprint density at radius 1 is 0.694 bits per heavy atom. The summed E-state index contributed by atoms with van der Waals surface area (Å²) in [6.07, 6.45) is 2.54. The molecule has 1 aliphatic rings. The zero-order valence-corrected chi connectivity index (χ0v) is 28.3. The van der Waals surface area contributed by atoms with Crippen LogP contribution in [0.2, 0.25) is 0 Å². The molecule has 1 fully saturated rings. The van der Waals surface area contributed by atoms with Crippen molar-refractivity contribution in [1.82, 2.24) is 19.4 Å². The van der Waals surface area contributed by atoms with Crippen molar-refractivity contribution >= 4 is 33.7 Å². The van der Waals surface area contributed by atoms with E-state index < -0.39 is 5.97 Å². The minimum atomic E-state index is -0.492. The molecule has 2 aromatic heterocycles. The van der Waals surface area contributed by atoms with Crippen LogP contribution in [-0.2, 0) is 30.9 Å². The number of benzene rings is 4. The predicted octanol–water partition coefficient (Wildman–Crippen LogP) is 7.24. The number of likely N-dealkylation sites (tertiary alicyclic amines) is 1. The van der Waals surface area contributed by atoms with E-state index in [1.165, 1.54) is 25.5 Å². The number of hydrogen-bond acceptors (Lipinski definition) is 8. The fourth-order valence-electron chi connectivity index (χ4n) is 6.68. The Balaban J connectivity index is 1.35. The van der Waals surface area contributed by atoms with Crippen LogP contribution in [-0.4, -0.2) is 59.8 Å². The molecule has 1 saturated heterocycles. The monoisotopic (exact) mass is 655 g/mol. The largest absolute Gasteiger partial charge is 0.497 e. The number of esters is 1. The predicted molar refractivity (Wildman–Crippen MR) is 192 cm³/mol. The number of hydrogen-bond donors (Lipinski definition) is 0. The van der Waals surface area contributed by atoms with Crippen molar-refractivity contribution in [2.45, 2.75) is 39.0 Å². The normalized spacial score (nSPS) is 13.2. The van der Waals surface area contributed by atoms with E-state index in [1.807, 2.05) is 53.1 Å². The molecule has 6 aromatic rings. The third-order valence-electron chi connectivity index (χ3n) is 9.27. The number of nitrogens with zero attached hydrogens (tertiary/aromatic N) is 5. The molecule has 250 valence electrons. The maximum atomic E-state index is 13.4. The van der Waals surface area contributed by atoms with Crippen LogP contribution >= 0.6 is 0 Å². The fourth-order valence-corrected chi connectivity index (χ4v) is 6.68. The summed E-state index contributed by atoms with van der Waals surface area (Å²) >= 11 is 0. The minimum Gasteiger partial charge on any atom is -0.497 e. The standard InChI is InChI=1S/C40H41N5O4/c1-47-32-18-14-29(15-19-32)25-44(26-30-16-20-33(48-2)21-17-30)38-36-37(34-8-4-5-9-35(34)41-38)45(39(42-36)40(46)49-3)27-31-12-10-28(11-13-31)24-43-22-6-7-23-43/h4-5,8-21H,6-7,22-27H2,1-3H3. The topological polar surface area (TPSA) is 82.0 Å². The van der Waals surface area contributed by atoms with Crippen LogP contribution in [0.25, 0.3) is 21.9 Å². The van der Waals surface area contributed by atoms with Crippen molar-refractivity contribution in [2.24, 2.45) is 0 Å². The molecule has 1 aliphatic heterocycles. The van der Waals surface area contributed by atoms with Gasteiger partial charge in [0.25, 0.3) is 0 Å². The average molecular weight is 656 g/mol. The van der Waals surface area contributed by atoms with Gasteiger partial charge in [0.05, 0.1) is 32.4 Å². The zero-order chi connectivity index (χ0) is 33.7. The number of fused-ring (bicyclic) bond motifs is 3. The summed E-state index contributed by atoms with van der Waals surface area (Å²) in [6.45, 7) is 4.82. The van der Waals surface area contributed by atoms with Crippen LogP contribution in [0.3, 0.4) is 0 Å². The van der Waals surface area contributed by atoms with Gasteiger partial charge in [-0.3, -0.25) is 4.90 Å². The molecule has 0 atom stereocenters. The van der Waals surface area contributed by atoms with Gasteiger partial charge < -0.3 is 23.7 Å². The molecular formula is C40H41N5O4. The van der Waals surface area contributed by atoms with Gasteiger partial charge in [0.15, 0.2) is 5.82 Å². The smallest absolute Gasteiger partial charge is 0.374 e. The Hall–Kier alpha value is -5.41. The Bertz CT molecular complexity index is 2000. The summed E-state index contributed by atoms with van der Waals surface area (Å²) in [5, 5.41) is 0.920. The molecule has 0 unspecified atom stereocenters. The van der Waals surface area contributed by atoms with Gasteiger partial charge in [0.2, 0.25) is 5.82 Å². The molecule has 0 saturated carbocycles. The lowest BCUT2D eigenvalue weighted by atomic mass is 10.1. The van der Waals surface area contributed by atoms with Gasteiger partial charge in [0, 0.05) is 31.6 Å². The first kappa shape index (κ1) is 32.2. The number of methoxy groups -OCH3 is 3. The van der Waals surface area contributed by atoms with E-state index in [0.717, 1.165) is 64.2 Å². The van der Waals surface area contributed by atoms with Crippen molar-refractivity contribution < 1.29 is 19.0 Å². The van der Waals surface area contributed by atoms with Gasteiger partial charge >= 0.3 is 5.97 Å². The number of rotatable bonds is 12. The second kappa shape index (κ2) is 14.4. The van der Waals surface area contributed by atoms with Gasteiger partial charge in [-0.05, 0) is 78.5 Å². The molecule has 0 bridgehead atoms. The molecule has 3 heterocycles. The van der Waals surface area contributed by atoms with Gasteiger partial charge in [-0.1, -0.05) is 66.7 Å². The maximum Gasteiger partial charge on any atom is 0.374 e. The minimum absolute atomic E-state index is 0.242. The van der Waals surface area contributed by atoms with E-state index in [-0.39, 0.29) is 5.82 Å². The van der Waals surface area contributed by atoms with Gasteiger partial charge in [-0.15, -0.1) is 0 Å². The van der Waals surface area contributed by atoms with E-state index in [1.54, 1.807) is 14.2 Å². The van der Waals surface area contributed by atoms with E-state index in [0.29, 0.717) is 31.0 Å². The second-order valence-electron chi connectivity index (χ2n) is 12.5. The van der Waals surface area contributed by atoms with Crippen molar-refractivity contribution in [2.75, 3.05) is 39.3 Å². The molecule has 9 nitrogen and oxygen atoms in total. The number of pyridine rings is 1. The molecule has 9 heteroatoms. The third-order valence-corrected chi connectivity index (χ3v) is 9.27. The number of aromatic nitrogens is 3. The SMILES string of the molecule is COC(=O)c1nc2c(N(Cc3ccc(OC)cc3)Cc3ccc(OC)cc3)nc3ccccc3c2n1Cc1ccc(CN2CCCC2)cc1. The summed E-state index contributed by atoms with van der Waals surface area (Å²) in [5.74, 6) is 2.02. The summed E-state index contributed by atoms with van der Waals surface area (Å²) in [6, 6.07) is 32.8. The highest BCUT2D eigenvalue weighted by atomic mass is 16.5. The van der Waals surface area contributed by atoms with Crippen molar-refractivity contribution in [3.8, 4) is 11.5 Å². The number of ether oxygens (including phenoxy) is 3. The van der Waals surface area contributed by atoms with Crippen LogP contribution in [0.1, 0.15) is 45.7 Å². The van der Waals surface area contributed by atoms with Crippen LogP contribution in [0.4, 0.5) is 5.82 Å². The quantitative estimate of drug-likeness (QED) is 0.128. The van der Waals surface area contributed by atoms with E-state index in [9.17, 15) is 4.79 Å². The number of para-hydroxylation sites is 1. The summed E-state index contributed by atoms with van der Waals surface area (Å²) in [7, 11) is 4.73. The van der Waals surface area contributed by atoms with Crippen LogP contribution in [0, 0.1) is 0 Å². The average Bonchev–Trinajstić information content (AvgIpc) is 3.80. The molecule has 49 heavy (non-hydrogen) atoms. The summed E-state index contributed by atoms with van der Waals surface area (Å²) in [5.41, 5.74) is 6.84. The number of anilines is 1. The molecular weight excluding hydrogens is 614 g/mol. The molecule has 0 spiro atoms. The highest BCUT2D eigenvalue weighted by Crippen LogP contribution is 2.35. The lowest BCUT2D eigenvalue weighted by Gasteiger charge is -2.25. The first-order chi connectivity index (χ1) is 24.0. The lowest BCUT2D eigenvalue weighted by Crippen LogP contribution is -2.23. The van der Waals surface area contributed by atoms with Crippen LogP contribution in [0.15, 0.2) is 97.1 Å². The van der Waals surface area contributed by atoms with Crippen molar-refractivity contribution in [3.63, 3.8) is 0 Å². The van der Waals surface area contributed by atoms with Crippen LogP contribution in [0.5, 0.6) is 11.5 Å². The Kier molecular flexibility index (Phi) is 9.43. The number of carbonyl (C=O) groups excluding carboxylic acids is 1. The van der Waals surface area contributed by atoms with Crippen LogP contribution < -0.4 is 14.4 Å². The van der Waals surface area contributed by atoms with Crippen molar-refractivity contribution in [1.29, 1.82) is 0 Å². The lowest BCUT2D eigenvalue weighted by molar-refractivity contribution is 0.0582. The third kappa shape index (κ3) is 6.93. The summed E-state index contributed by atoms with van der Waals surface area (Å²) < 4.78 is 18.1. The van der Waals surface area contributed by atoms with E-state index in [2.05, 4.69) is 58.3 Å². The van der Waals surface area contributed by atoms with E-state index in [4.69, 9.17) is 24.2 Å². The maximum absolute atomic E-state index is 13.4. The number of imidazole rings is 1. The zero-order valence-electron chi connectivity index (χ0n) is 28.3. The second-order valence-corrected chi connectivity index (χ2v) is 12.5. The Labute approximate surface area is 286 Å². The van der Waals surface area contributed by atoms with Gasteiger partial charge in [0.1, 0.15) is 17.0 Å². The molecule has 0 N–H and O–H groups in total. The van der Waals surface area contributed by atoms with Gasteiger partial charge in [-0.25, -0.2) is 14.8 Å². The van der Waals surface area contributed by atoms with Crippen molar-refractivity contribution in [3.05, 3.63) is 125 Å². The number of carbonyl (C=O) groups is 1. The Morgan fingerprint density at radius 2 is 1.24 bits per heavy atom. The fraction of sp³-hybridized carbons (Fsp3) is 0.275. The Morgan fingerprint density at radius 3 is 1.82 bits per heavy atom. The van der Waals surface area contributed by atoms with E-state index >= 15 is 0 Å². The molecule has 0 radical (unpaired) electrons. The highest BCUT2D eigenvalue weighted by molar-refractivity contribution is 6.09. The first-order valence-electron chi connectivity index (χ1n) is 16.7. The summed E-state index contributed by atoms with van der Waals surface area (Å²) in [4.78, 5) is 28.3. The van der Waals surface area contributed by atoms with Gasteiger partial charge in [-0.2, -0.15) is 0 Å². The molecule has 4 aromatic carbocycles. The highest BCUT2D eigenvalue weighted by Gasteiger charge is 2.26. The molecule has 0 aliphatic carbocycles. The first-order valence-corrected chi connectivity index (χ1v) is 16.7. The molecule has 0 amide bonds. The molecule has 7 rings (SSSR count).